The van der Waals surface area contributed by atoms with Crippen LogP contribution < -0.4 is 5.32 Å². The molecule has 0 unspecified atom stereocenters. The Bertz CT molecular complexity index is 899. The molecule has 1 aromatic heterocycles. The van der Waals surface area contributed by atoms with Gasteiger partial charge in [-0.2, -0.15) is 0 Å². The van der Waals surface area contributed by atoms with Crippen LogP contribution in [0, 0.1) is 0 Å². The summed E-state index contributed by atoms with van der Waals surface area (Å²) >= 11 is 13.3. The SMILES string of the molecule is C[C@H](Sc1ncnc2ccccc12)C(=O)Nc1ccc(Cl)cc1Cl. The van der Waals surface area contributed by atoms with E-state index in [1.807, 2.05) is 31.2 Å². The number of benzene rings is 2. The first-order chi connectivity index (χ1) is 11.5. The quantitative estimate of drug-likeness (QED) is 0.510. The molecular formula is C17H13Cl2N3OS. The number of rotatable bonds is 4. The molecule has 1 atom stereocenters. The minimum atomic E-state index is -0.352. The molecule has 1 N–H and O–H groups in total. The van der Waals surface area contributed by atoms with Crippen LogP contribution in [0.3, 0.4) is 0 Å². The molecule has 122 valence electrons. The smallest absolute Gasteiger partial charge is 0.237 e. The average molecular weight is 378 g/mol. The number of thioether (sulfide) groups is 1. The van der Waals surface area contributed by atoms with Gasteiger partial charge in [0.25, 0.3) is 0 Å². The van der Waals surface area contributed by atoms with Crippen LogP contribution in [0.25, 0.3) is 10.9 Å². The van der Waals surface area contributed by atoms with Crippen LogP contribution in [0.1, 0.15) is 6.92 Å². The van der Waals surface area contributed by atoms with E-state index in [0.717, 1.165) is 15.9 Å². The molecule has 4 nitrogen and oxygen atoms in total. The molecule has 3 rings (SSSR count). The number of nitrogens with one attached hydrogen (secondary N) is 1. The summed E-state index contributed by atoms with van der Waals surface area (Å²) in [7, 11) is 0. The molecule has 0 spiro atoms. The van der Waals surface area contributed by atoms with Gasteiger partial charge in [-0.15, -0.1) is 0 Å². The molecule has 0 saturated heterocycles. The number of anilines is 1. The molecule has 0 radical (unpaired) electrons. The fraction of sp³-hybridized carbons (Fsp3) is 0.118. The van der Waals surface area contributed by atoms with Gasteiger partial charge in [-0.05, 0) is 31.2 Å². The predicted molar refractivity (Wildman–Crippen MR) is 99.9 cm³/mol. The van der Waals surface area contributed by atoms with Gasteiger partial charge in [0.2, 0.25) is 5.91 Å². The van der Waals surface area contributed by atoms with Crippen molar-refractivity contribution in [3.05, 3.63) is 58.8 Å². The van der Waals surface area contributed by atoms with Crippen molar-refractivity contribution in [2.75, 3.05) is 5.32 Å². The van der Waals surface area contributed by atoms with Crippen LogP contribution >= 0.6 is 35.0 Å². The van der Waals surface area contributed by atoms with Crippen molar-refractivity contribution in [3.63, 3.8) is 0 Å². The Kier molecular flexibility index (Phi) is 5.23. The summed E-state index contributed by atoms with van der Waals surface area (Å²) in [6.07, 6.45) is 1.51. The van der Waals surface area contributed by atoms with Crippen LogP contribution in [0.2, 0.25) is 10.0 Å². The fourth-order valence-corrected chi connectivity index (χ4v) is 3.48. The van der Waals surface area contributed by atoms with E-state index in [4.69, 9.17) is 23.2 Å². The first kappa shape index (κ1) is 17.0. The second kappa shape index (κ2) is 7.38. The van der Waals surface area contributed by atoms with Crippen LogP contribution in [-0.2, 0) is 4.79 Å². The lowest BCUT2D eigenvalue weighted by Crippen LogP contribution is -2.22. The second-order valence-corrected chi connectivity index (χ2v) is 7.24. The molecule has 0 aliphatic rings. The number of nitrogens with zero attached hydrogens (tertiary/aromatic N) is 2. The zero-order valence-electron chi connectivity index (χ0n) is 12.7. The van der Waals surface area contributed by atoms with Crippen molar-refractivity contribution in [3.8, 4) is 0 Å². The molecule has 1 heterocycles. The van der Waals surface area contributed by atoms with E-state index in [1.54, 1.807) is 18.2 Å². The van der Waals surface area contributed by atoms with Gasteiger partial charge in [0.15, 0.2) is 0 Å². The summed E-state index contributed by atoms with van der Waals surface area (Å²) < 4.78 is 0. The fourth-order valence-electron chi connectivity index (χ4n) is 2.12. The number of halogens is 2. The summed E-state index contributed by atoms with van der Waals surface area (Å²) in [5.74, 6) is -0.160. The average Bonchev–Trinajstić information content (AvgIpc) is 2.57. The third-order valence-corrected chi connectivity index (χ3v) is 5.02. The highest BCUT2D eigenvalue weighted by atomic mass is 35.5. The van der Waals surface area contributed by atoms with Gasteiger partial charge >= 0.3 is 0 Å². The minimum Gasteiger partial charge on any atom is -0.324 e. The highest BCUT2D eigenvalue weighted by molar-refractivity contribution is 8.00. The maximum atomic E-state index is 12.4. The second-order valence-electron chi connectivity index (χ2n) is 5.07. The first-order valence-electron chi connectivity index (χ1n) is 7.17. The Morgan fingerprint density at radius 1 is 1.17 bits per heavy atom. The number of amides is 1. The lowest BCUT2D eigenvalue weighted by molar-refractivity contribution is -0.115. The van der Waals surface area contributed by atoms with Crippen LogP contribution in [-0.4, -0.2) is 21.1 Å². The number of carbonyl (C=O) groups is 1. The summed E-state index contributed by atoms with van der Waals surface area (Å²) in [6.45, 7) is 1.82. The van der Waals surface area contributed by atoms with E-state index < -0.39 is 0 Å². The Hall–Kier alpha value is -1.82. The standard InChI is InChI=1S/C17H13Cl2N3OS/c1-10(16(23)22-15-7-6-11(18)8-13(15)19)24-17-12-4-2-3-5-14(12)20-9-21-17/h2-10H,1H3,(H,22,23)/t10-/m0/s1. The van der Waals surface area contributed by atoms with Crippen molar-refractivity contribution in [1.29, 1.82) is 0 Å². The van der Waals surface area contributed by atoms with Crippen LogP contribution in [0.15, 0.2) is 53.8 Å². The number of aromatic nitrogens is 2. The summed E-state index contributed by atoms with van der Waals surface area (Å²) in [5, 5.41) is 5.08. The van der Waals surface area contributed by atoms with Gasteiger partial charge < -0.3 is 5.32 Å². The third kappa shape index (κ3) is 3.80. The molecule has 0 fully saturated rings. The molecule has 2 aromatic carbocycles. The Morgan fingerprint density at radius 3 is 2.75 bits per heavy atom. The van der Waals surface area contributed by atoms with E-state index in [9.17, 15) is 4.79 Å². The van der Waals surface area contributed by atoms with Gasteiger partial charge in [-0.3, -0.25) is 4.79 Å². The molecule has 0 aliphatic carbocycles. The molecule has 0 aliphatic heterocycles. The number of hydrogen-bond donors (Lipinski definition) is 1. The van der Waals surface area contributed by atoms with Gasteiger partial charge in [-0.25, -0.2) is 9.97 Å². The molecule has 1 amide bonds. The predicted octanol–water partition coefficient (Wildman–Crippen LogP) is 5.06. The van der Waals surface area contributed by atoms with Gasteiger partial charge in [-0.1, -0.05) is 53.2 Å². The van der Waals surface area contributed by atoms with Crippen LogP contribution in [0.4, 0.5) is 5.69 Å². The maximum absolute atomic E-state index is 12.4. The Morgan fingerprint density at radius 2 is 1.96 bits per heavy atom. The lowest BCUT2D eigenvalue weighted by atomic mass is 10.2. The Balaban J connectivity index is 1.76. The maximum Gasteiger partial charge on any atom is 0.237 e. The van der Waals surface area contributed by atoms with E-state index in [2.05, 4.69) is 15.3 Å². The minimum absolute atomic E-state index is 0.160. The molecule has 3 aromatic rings. The largest absolute Gasteiger partial charge is 0.324 e. The molecule has 7 heteroatoms. The summed E-state index contributed by atoms with van der Waals surface area (Å²) in [5.41, 5.74) is 1.38. The van der Waals surface area contributed by atoms with Gasteiger partial charge in [0.05, 0.1) is 21.5 Å². The van der Waals surface area contributed by atoms with Crippen LogP contribution in [0.5, 0.6) is 0 Å². The highest BCUT2D eigenvalue weighted by Crippen LogP contribution is 2.30. The van der Waals surface area contributed by atoms with Gasteiger partial charge in [0.1, 0.15) is 11.4 Å². The third-order valence-electron chi connectivity index (χ3n) is 3.35. The number of hydrogen-bond acceptors (Lipinski definition) is 4. The van der Waals surface area contributed by atoms with E-state index in [0.29, 0.717) is 15.7 Å². The van der Waals surface area contributed by atoms with E-state index >= 15 is 0 Å². The number of fused-ring (bicyclic) bond motifs is 1. The normalized spacial score (nSPS) is 12.1. The van der Waals surface area contributed by atoms with Gasteiger partial charge in [0, 0.05) is 10.4 Å². The Labute approximate surface area is 153 Å². The van der Waals surface area contributed by atoms with E-state index in [-0.39, 0.29) is 11.2 Å². The lowest BCUT2D eigenvalue weighted by Gasteiger charge is -2.13. The highest BCUT2D eigenvalue weighted by Gasteiger charge is 2.18. The first-order valence-corrected chi connectivity index (χ1v) is 8.80. The summed E-state index contributed by atoms with van der Waals surface area (Å²) in [4.78, 5) is 20.9. The van der Waals surface area contributed by atoms with Crippen molar-refractivity contribution in [1.82, 2.24) is 9.97 Å². The molecule has 0 saturated carbocycles. The monoisotopic (exact) mass is 377 g/mol. The topological polar surface area (TPSA) is 54.9 Å². The zero-order valence-corrected chi connectivity index (χ0v) is 15.0. The molecule has 0 bridgehead atoms. The molecular weight excluding hydrogens is 365 g/mol. The van der Waals surface area contributed by atoms with E-state index in [1.165, 1.54) is 18.1 Å². The van der Waals surface area contributed by atoms with Crippen molar-refractivity contribution < 1.29 is 4.79 Å². The van der Waals surface area contributed by atoms with Crippen molar-refractivity contribution in [2.45, 2.75) is 17.2 Å². The van der Waals surface area contributed by atoms with Crippen molar-refractivity contribution >= 4 is 57.5 Å². The summed E-state index contributed by atoms with van der Waals surface area (Å²) in [6, 6.07) is 12.7. The number of carbonyl (C=O) groups excluding carboxylic acids is 1. The van der Waals surface area contributed by atoms with Crippen molar-refractivity contribution in [2.24, 2.45) is 0 Å². The molecule has 24 heavy (non-hydrogen) atoms. The number of para-hydroxylation sites is 1. The zero-order chi connectivity index (χ0) is 17.1.